The molecule has 86 valence electrons. The molecule has 0 aromatic rings. The minimum absolute atomic E-state index is 0.113. The Balaban J connectivity index is 3.38. The van der Waals surface area contributed by atoms with E-state index in [1.807, 2.05) is 6.92 Å². The maximum absolute atomic E-state index is 10.8. The van der Waals surface area contributed by atoms with Crippen LogP contribution >= 0.6 is 8.81 Å². The van der Waals surface area contributed by atoms with Crippen molar-refractivity contribution in [3.63, 3.8) is 0 Å². The zero-order valence-electron chi connectivity index (χ0n) is 9.12. The summed E-state index contributed by atoms with van der Waals surface area (Å²) in [5.41, 5.74) is 0. The molecular formula is C10H17O4P. The van der Waals surface area contributed by atoms with Crippen molar-refractivity contribution >= 4 is 20.7 Å². The first-order chi connectivity index (χ1) is 7.06. The highest BCUT2D eigenvalue weighted by Crippen LogP contribution is 2.15. The van der Waals surface area contributed by atoms with E-state index in [-0.39, 0.29) is 20.9 Å². The van der Waals surface area contributed by atoms with Gasteiger partial charge in [-0.1, -0.05) is 6.58 Å². The molecule has 4 nitrogen and oxygen atoms in total. The fourth-order valence-electron chi connectivity index (χ4n) is 0.920. The van der Waals surface area contributed by atoms with Crippen LogP contribution in [-0.2, 0) is 18.8 Å². The summed E-state index contributed by atoms with van der Waals surface area (Å²) in [6.45, 7) is 6.53. The molecule has 0 saturated heterocycles. The van der Waals surface area contributed by atoms with Crippen LogP contribution in [0.4, 0.5) is 0 Å². The van der Waals surface area contributed by atoms with Crippen LogP contribution in [0.5, 0.6) is 0 Å². The Kier molecular flexibility index (Phi) is 7.92. The van der Waals surface area contributed by atoms with E-state index in [0.717, 1.165) is 25.1 Å². The van der Waals surface area contributed by atoms with Crippen LogP contribution < -0.4 is 0 Å². The van der Waals surface area contributed by atoms with Gasteiger partial charge in [0.15, 0.2) is 0 Å². The van der Waals surface area contributed by atoms with Crippen molar-refractivity contribution in [2.24, 2.45) is 0 Å². The number of rotatable bonds is 7. The van der Waals surface area contributed by atoms with Crippen molar-refractivity contribution in [2.75, 3.05) is 6.16 Å². The minimum atomic E-state index is -0.398. The summed E-state index contributed by atoms with van der Waals surface area (Å²) >= 11 is 0. The molecule has 0 N–H and O–H groups in total. The maximum atomic E-state index is 10.8. The van der Waals surface area contributed by atoms with E-state index < -0.39 is 5.97 Å². The molecule has 2 unspecified atom stereocenters. The van der Waals surface area contributed by atoms with Crippen molar-refractivity contribution in [3.05, 3.63) is 12.7 Å². The van der Waals surface area contributed by atoms with Crippen molar-refractivity contribution in [1.29, 1.82) is 0 Å². The zero-order chi connectivity index (χ0) is 11.7. The van der Waals surface area contributed by atoms with Crippen LogP contribution in [0.3, 0.4) is 0 Å². The molecule has 15 heavy (non-hydrogen) atoms. The fourth-order valence-corrected chi connectivity index (χ4v) is 1.57. The van der Waals surface area contributed by atoms with Crippen LogP contribution in [0.2, 0.25) is 0 Å². The zero-order valence-corrected chi connectivity index (χ0v) is 10.1. The van der Waals surface area contributed by atoms with Gasteiger partial charge >= 0.3 is 11.9 Å². The van der Waals surface area contributed by atoms with Crippen molar-refractivity contribution in [3.8, 4) is 0 Å². The monoisotopic (exact) mass is 232 g/mol. The van der Waals surface area contributed by atoms with E-state index in [2.05, 4.69) is 6.58 Å². The Morgan fingerprint density at radius 1 is 1.53 bits per heavy atom. The van der Waals surface area contributed by atoms with Gasteiger partial charge in [0.1, 0.15) is 0 Å². The Bertz CT molecular complexity index is 227. The Labute approximate surface area is 91.9 Å². The maximum Gasteiger partial charge on any atom is 0.330 e. The molecule has 0 aromatic heterocycles. The lowest BCUT2D eigenvalue weighted by molar-refractivity contribution is -0.142. The lowest BCUT2D eigenvalue weighted by Crippen LogP contribution is -2.12. The molecule has 5 heteroatoms. The number of carbonyl (C=O) groups excluding carboxylic acids is 2. The summed E-state index contributed by atoms with van der Waals surface area (Å²) in [7, 11) is 0.198. The summed E-state index contributed by atoms with van der Waals surface area (Å²) in [6.07, 6.45) is 3.50. The summed E-state index contributed by atoms with van der Waals surface area (Å²) in [4.78, 5) is 21.2. The molecule has 0 bridgehead atoms. The van der Waals surface area contributed by atoms with Crippen LogP contribution in [0.1, 0.15) is 26.7 Å². The summed E-state index contributed by atoms with van der Waals surface area (Å²) < 4.78 is 9.76. The lowest BCUT2D eigenvalue weighted by atomic mass is 10.2. The molecule has 0 radical (unpaired) electrons. The third-order valence-corrected chi connectivity index (χ3v) is 2.58. The number of hydrogen-bond acceptors (Lipinski definition) is 4. The number of hydrogen-bond donors (Lipinski definition) is 0. The largest absolute Gasteiger partial charge is 0.460 e. The summed E-state index contributed by atoms with van der Waals surface area (Å²) in [5.74, 6) is -0.649. The van der Waals surface area contributed by atoms with Crippen molar-refractivity contribution in [2.45, 2.75) is 32.8 Å². The first-order valence-electron chi connectivity index (χ1n) is 4.79. The van der Waals surface area contributed by atoms with E-state index in [1.165, 1.54) is 6.92 Å². The third-order valence-electron chi connectivity index (χ3n) is 1.59. The van der Waals surface area contributed by atoms with Crippen molar-refractivity contribution in [1.82, 2.24) is 0 Å². The average molecular weight is 232 g/mol. The second kappa shape index (κ2) is 8.42. The second-order valence-electron chi connectivity index (χ2n) is 3.08. The Hall–Kier alpha value is -0.890. The molecule has 0 fully saturated rings. The quantitative estimate of drug-likeness (QED) is 0.292. The van der Waals surface area contributed by atoms with Gasteiger partial charge < -0.3 is 9.26 Å². The van der Waals surface area contributed by atoms with Gasteiger partial charge in [0.2, 0.25) is 0 Å². The third kappa shape index (κ3) is 9.42. The minimum Gasteiger partial charge on any atom is -0.460 e. The van der Waals surface area contributed by atoms with Crippen molar-refractivity contribution < 1.29 is 18.8 Å². The van der Waals surface area contributed by atoms with Crippen LogP contribution in [0, 0.1) is 0 Å². The Morgan fingerprint density at radius 3 is 2.73 bits per heavy atom. The molecule has 0 amide bonds. The first kappa shape index (κ1) is 14.1. The van der Waals surface area contributed by atoms with Gasteiger partial charge in [0.05, 0.1) is 14.9 Å². The molecule has 0 spiro atoms. The SMILES string of the molecule is C=CC(=O)OC(C)CCCPOC(C)=O. The smallest absolute Gasteiger partial charge is 0.330 e. The molecule has 2 atom stereocenters. The van der Waals surface area contributed by atoms with Gasteiger partial charge in [-0.05, 0) is 19.8 Å². The number of ether oxygens (including phenoxy) is 1. The molecule has 0 aromatic carbocycles. The van der Waals surface area contributed by atoms with Gasteiger partial charge in [-0.2, -0.15) is 0 Å². The van der Waals surface area contributed by atoms with Crippen LogP contribution in [0.25, 0.3) is 0 Å². The van der Waals surface area contributed by atoms with Crippen LogP contribution in [-0.4, -0.2) is 24.2 Å². The summed E-state index contributed by atoms with van der Waals surface area (Å²) in [6, 6.07) is 0. The topological polar surface area (TPSA) is 52.6 Å². The molecule has 0 aliphatic carbocycles. The average Bonchev–Trinajstić information content (AvgIpc) is 2.16. The Morgan fingerprint density at radius 2 is 2.20 bits per heavy atom. The second-order valence-corrected chi connectivity index (χ2v) is 4.07. The first-order valence-corrected chi connectivity index (χ1v) is 5.91. The predicted molar refractivity (Wildman–Crippen MR) is 59.9 cm³/mol. The van der Waals surface area contributed by atoms with E-state index in [1.54, 1.807) is 0 Å². The predicted octanol–water partition coefficient (Wildman–Crippen LogP) is 2.04. The number of carbonyl (C=O) groups is 2. The standard InChI is InChI=1S/C10H17O4P/c1-4-10(12)13-8(2)6-5-7-15-14-9(3)11/h4,8,15H,1,5-7H2,2-3H3. The van der Waals surface area contributed by atoms with Gasteiger partial charge in [-0.15, -0.1) is 0 Å². The highest BCUT2D eigenvalue weighted by Gasteiger charge is 2.05. The number of esters is 1. The molecule has 0 aliphatic rings. The van der Waals surface area contributed by atoms with E-state index in [9.17, 15) is 9.59 Å². The van der Waals surface area contributed by atoms with E-state index in [0.29, 0.717) is 0 Å². The highest BCUT2D eigenvalue weighted by molar-refractivity contribution is 7.32. The highest BCUT2D eigenvalue weighted by atomic mass is 31.1. The molecule has 0 aliphatic heterocycles. The van der Waals surface area contributed by atoms with Gasteiger partial charge in [0, 0.05) is 19.2 Å². The fraction of sp³-hybridized carbons (Fsp3) is 0.600. The van der Waals surface area contributed by atoms with Gasteiger partial charge in [-0.3, -0.25) is 4.79 Å². The molecule has 0 heterocycles. The van der Waals surface area contributed by atoms with Gasteiger partial charge in [-0.25, -0.2) is 4.79 Å². The van der Waals surface area contributed by atoms with E-state index in [4.69, 9.17) is 9.26 Å². The lowest BCUT2D eigenvalue weighted by Gasteiger charge is -2.11. The molecule has 0 saturated carbocycles. The van der Waals surface area contributed by atoms with E-state index >= 15 is 0 Å². The molecule has 0 rings (SSSR count). The van der Waals surface area contributed by atoms with Crippen LogP contribution in [0.15, 0.2) is 12.7 Å². The molecular weight excluding hydrogens is 215 g/mol. The van der Waals surface area contributed by atoms with Gasteiger partial charge in [0.25, 0.3) is 0 Å². The summed E-state index contributed by atoms with van der Waals surface area (Å²) in [5, 5.41) is 0. The normalized spacial score (nSPS) is 12.4.